The molecule has 0 saturated carbocycles. The Labute approximate surface area is 119 Å². The van der Waals surface area contributed by atoms with Crippen LogP contribution in [0.4, 0.5) is 11.6 Å². The van der Waals surface area contributed by atoms with E-state index in [9.17, 15) is 0 Å². The summed E-state index contributed by atoms with van der Waals surface area (Å²) in [6, 6.07) is 7.58. The second-order valence-electron chi connectivity index (χ2n) is 3.51. The fraction of sp³-hybridized carbons (Fsp3) is 0.167. The first kappa shape index (κ1) is 13.0. The minimum Gasteiger partial charge on any atom is -0.492 e. The molecule has 94 valence electrons. The van der Waals surface area contributed by atoms with Gasteiger partial charge in [-0.1, -0.05) is 0 Å². The molecule has 5 nitrogen and oxygen atoms in total. The highest BCUT2D eigenvalue weighted by Crippen LogP contribution is 2.18. The summed E-state index contributed by atoms with van der Waals surface area (Å²) in [6.07, 6.45) is 3.52. The van der Waals surface area contributed by atoms with E-state index in [0.29, 0.717) is 19.1 Å². The summed E-state index contributed by atoms with van der Waals surface area (Å²) in [5, 5.41) is 3.11. The third-order valence-corrected chi connectivity index (χ3v) is 2.67. The Morgan fingerprint density at radius 2 is 1.83 bits per heavy atom. The maximum atomic E-state index is 5.39. The molecule has 3 N–H and O–H groups in total. The lowest BCUT2D eigenvalue weighted by molar-refractivity contribution is 0.328. The van der Waals surface area contributed by atoms with Gasteiger partial charge in [0, 0.05) is 28.2 Å². The van der Waals surface area contributed by atoms with Gasteiger partial charge in [-0.05, 0) is 46.9 Å². The highest BCUT2D eigenvalue weighted by molar-refractivity contribution is 14.1. The molecule has 2 rings (SSSR count). The van der Waals surface area contributed by atoms with Crippen LogP contribution < -0.4 is 15.8 Å². The molecule has 1 aromatic heterocycles. The fourth-order valence-corrected chi connectivity index (χ4v) is 1.60. The summed E-state index contributed by atoms with van der Waals surface area (Å²) in [5.74, 6) is 1.38. The molecule has 18 heavy (non-hydrogen) atoms. The van der Waals surface area contributed by atoms with Gasteiger partial charge in [0.2, 0.25) is 5.95 Å². The summed E-state index contributed by atoms with van der Waals surface area (Å²) in [4.78, 5) is 8.34. The van der Waals surface area contributed by atoms with E-state index in [0.717, 1.165) is 15.0 Å². The molecule has 2 aromatic rings. The third-order valence-electron chi connectivity index (χ3n) is 2.12. The van der Waals surface area contributed by atoms with Crippen LogP contribution in [0.1, 0.15) is 0 Å². The van der Waals surface area contributed by atoms with E-state index in [4.69, 9.17) is 10.5 Å². The van der Waals surface area contributed by atoms with E-state index >= 15 is 0 Å². The molecule has 0 amide bonds. The predicted molar refractivity (Wildman–Crippen MR) is 79.0 cm³/mol. The van der Waals surface area contributed by atoms with E-state index in [-0.39, 0.29) is 0 Å². The number of halogens is 1. The largest absolute Gasteiger partial charge is 0.492 e. The fourth-order valence-electron chi connectivity index (χ4n) is 1.32. The van der Waals surface area contributed by atoms with Crippen molar-refractivity contribution in [3.63, 3.8) is 0 Å². The van der Waals surface area contributed by atoms with Crippen molar-refractivity contribution in [1.82, 2.24) is 9.97 Å². The van der Waals surface area contributed by atoms with Gasteiger partial charge >= 0.3 is 0 Å². The van der Waals surface area contributed by atoms with Crippen molar-refractivity contribution in [2.24, 2.45) is 5.73 Å². The minimum absolute atomic E-state index is 0.510. The normalized spacial score (nSPS) is 10.1. The molecule has 1 heterocycles. The lowest BCUT2D eigenvalue weighted by Gasteiger charge is -2.07. The van der Waals surface area contributed by atoms with Crippen LogP contribution >= 0.6 is 22.6 Å². The Bertz CT molecular complexity index is 486. The molecule has 0 atom stereocenters. The number of hydrogen-bond acceptors (Lipinski definition) is 5. The molecule has 0 saturated heterocycles. The van der Waals surface area contributed by atoms with Gasteiger partial charge in [0.15, 0.2) is 0 Å². The summed E-state index contributed by atoms with van der Waals surface area (Å²) in [6.45, 7) is 1.03. The maximum Gasteiger partial charge on any atom is 0.227 e. The number of nitrogens with zero attached hydrogens (tertiary/aromatic N) is 2. The zero-order valence-electron chi connectivity index (χ0n) is 9.64. The molecular weight excluding hydrogens is 343 g/mol. The summed E-state index contributed by atoms with van der Waals surface area (Å²) < 4.78 is 6.39. The highest BCUT2D eigenvalue weighted by atomic mass is 127. The topological polar surface area (TPSA) is 73.1 Å². The Morgan fingerprint density at radius 1 is 1.17 bits per heavy atom. The summed E-state index contributed by atoms with van der Waals surface area (Å²) >= 11 is 2.17. The number of nitrogens with two attached hydrogens (primary N) is 1. The number of aromatic nitrogens is 2. The zero-order valence-corrected chi connectivity index (χ0v) is 11.8. The first-order valence-corrected chi connectivity index (χ1v) is 6.53. The van der Waals surface area contributed by atoms with Gasteiger partial charge in [0.05, 0.1) is 0 Å². The Morgan fingerprint density at radius 3 is 2.44 bits per heavy atom. The number of ether oxygens (including phenoxy) is 1. The van der Waals surface area contributed by atoms with E-state index in [1.54, 1.807) is 12.4 Å². The average molecular weight is 356 g/mol. The number of hydrogen-bond donors (Lipinski definition) is 2. The first-order valence-electron chi connectivity index (χ1n) is 5.45. The van der Waals surface area contributed by atoms with Crippen LogP contribution in [0.5, 0.6) is 5.75 Å². The van der Waals surface area contributed by atoms with Crippen molar-refractivity contribution < 1.29 is 4.74 Å². The molecular formula is C12H13IN4O. The van der Waals surface area contributed by atoms with Gasteiger partial charge in [-0.15, -0.1) is 0 Å². The van der Waals surface area contributed by atoms with Crippen molar-refractivity contribution in [1.29, 1.82) is 0 Å². The minimum atomic E-state index is 0.510. The second-order valence-corrected chi connectivity index (χ2v) is 4.76. The van der Waals surface area contributed by atoms with E-state index in [1.165, 1.54) is 0 Å². The lowest BCUT2D eigenvalue weighted by Crippen LogP contribution is -2.10. The number of rotatable bonds is 5. The average Bonchev–Trinajstić information content (AvgIpc) is 2.41. The molecule has 0 aliphatic carbocycles. The van der Waals surface area contributed by atoms with Crippen LogP contribution in [0.3, 0.4) is 0 Å². The molecule has 6 heteroatoms. The molecule has 0 bridgehead atoms. The Balaban J connectivity index is 1.99. The van der Waals surface area contributed by atoms with E-state index in [1.807, 2.05) is 24.3 Å². The highest BCUT2D eigenvalue weighted by Gasteiger charge is 1.98. The van der Waals surface area contributed by atoms with Crippen LogP contribution in [0, 0.1) is 3.57 Å². The maximum absolute atomic E-state index is 5.39. The molecule has 0 aliphatic rings. The number of benzene rings is 1. The van der Waals surface area contributed by atoms with Gasteiger partial charge in [0.25, 0.3) is 0 Å². The van der Waals surface area contributed by atoms with Gasteiger partial charge in [-0.2, -0.15) is 0 Å². The zero-order chi connectivity index (χ0) is 12.8. The Kier molecular flexibility index (Phi) is 4.71. The van der Waals surface area contributed by atoms with Crippen molar-refractivity contribution >= 4 is 34.2 Å². The first-order chi connectivity index (χ1) is 8.78. The molecule has 0 radical (unpaired) electrons. The quantitative estimate of drug-likeness (QED) is 0.804. The van der Waals surface area contributed by atoms with Crippen LogP contribution in [0.25, 0.3) is 0 Å². The molecule has 0 unspecified atom stereocenters. The van der Waals surface area contributed by atoms with Crippen molar-refractivity contribution in [3.8, 4) is 5.75 Å². The van der Waals surface area contributed by atoms with Gasteiger partial charge in [-0.25, -0.2) is 9.97 Å². The second kappa shape index (κ2) is 6.50. The van der Waals surface area contributed by atoms with Gasteiger partial charge in [-0.3, -0.25) is 0 Å². The van der Waals surface area contributed by atoms with Gasteiger partial charge < -0.3 is 15.8 Å². The number of anilines is 2. The van der Waals surface area contributed by atoms with Crippen molar-refractivity contribution in [2.75, 3.05) is 18.5 Å². The van der Waals surface area contributed by atoms with Crippen LogP contribution in [-0.2, 0) is 0 Å². The molecule has 1 aromatic carbocycles. The Hall–Kier alpha value is -1.41. The van der Waals surface area contributed by atoms with E-state index in [2.05, 4.69) is 37.9 Å². The monoisotopic (exact) mass is 356 g/mol. The SMILES string of the molecule is NCCOc1ccc(Nc2ncc(I)cn2)cc1. The smallest absolute Gasteiger partial charge is 0.227 e. The predicted octanol–water partition coefficient (Wildman–Crippen LogP) is 2.16. The number of nitrogens with one attached hydrogen (secondary N) is 1. The van der Waals surface area contributed by atoms with Crippen molar-refractivity contribution in [2.45, 2.75) is 0 Å². The molecule has 0 spiro atoms. The van der Waals surface area contributed by atoms with Crippen LogP contribution in [-0.4, -0.2) is 23.1 Å². The lowest BCUT2D eigenvalue weighted by atomic mass is 10.3. The van der Waals surface area contributed by atoms with E-state index < -0.39 is 0 Å². The van der Waals surface area contributed by atoms with Crippen LogP contribution in [0.2, 0.25) is 0 Å². The summed E-state index contributed by atoms with van der Waals surface area (Å²) in [5.41, 5.74) is 6.28. The molecule has 0 fully saturated rings. The summed E-state index contributed by atoms with van der Waals surface area (Å²) in [7, 11) is 0. The van der Waals surface area contributed by atoms with Crippen LogP contribution in [0.15, 0.2) is 36.7 Å². The van der Waals surface area contributed by atoms with Crippen molar-refractivity contribution in [3.05, 3.63) is 40.2 Å². The standard InChI is InChI=1S/C12H13IN4O/c13-9-7-15-12(16-8-9)17-10-1-3-11(4-2-10)18-6-5-14/h1-4,7-8H,5-6,14H2,(H,15,16,17). The third kappa shape index (κ3) is 3.81. The van der Waals surface area contributed by atoms with Gasteiger partial charge in [0.1, 0.15) is 12.4 Å². The molecule has 0 aliphatic heterocycles.